The lowest BCUT2D eigenvalue weighted by molar-refractivity contribution is 0.00696. The number of sulfone groups is 1. The van der Waals surface area contributed by atoms with Gasteiger partial charge in [-0.2, -0.15) is 0 Å². The summed E-state index contributed by atoms with van der Waals surface area (Å²) in [5.41, 5.74) is 2.54. The van der Waals surface area contributed by atoms with Crippen molar-refractivity contribution in [2.24, 2.45) is 0 Å². The number of thiol groups is 1. The van der Waals surface area contributed by atoms with Crippen LogP contribution >= 0.6 is 0 Å². The first-order valence-electron chi connectivity index (χ1n) is 11.5. The standard InChI is InChI=1S/C24H31F3N2O7S2/c1-15-18(10-9-16(28)21(15)23(30)36-24(2,3)4)35-19-8-5-7-17(22(19)27)29(37(31)32)13-11-20(26)38(33,34)14-6-12-25/h5,7-10,20,37H,6,11-14,28H2,1-4H3. The van der Waals surface area contributed by atoms with Gasteiger partial charge in [0, 0.05) is 24.2 Å². The number of carbonyl (C=O) groups excluding carboxylic acids is 1. The number of nitrogen functional groups attached to an aromatic ring is 1. The third kappa shape index (κ3) is 8.00. The second-order valence-corrected chi connectivity index (χ2v) is 12.5. The van der Waals surface area contributed by atoms with Crippen LogP contribution in [0.2, 0.25) is 0 Å². The Hall–Kier alpha value is -3.00. The molecule has 0 radical (unpaired) electrons. The maximum atomic E-state index is 15.4. The van der Waals surface area contributed by atoms with E-state index in [1.54, 1.807) is 20.8 Å². The van der Waals surface area contributed by atoms with E-state index >= 15 is 4.39 Å². The summed E-state index contributed by atoms with van der Waals surface area (Å²) in [7, 11) is -7.82. The topological polar surface area (TPSA) is 133 Å². The van der Waals surface area contributed by atoms with E-state index in [0.717, 1.165) is 6.07 Å². The number of esters is 1. The van der Waals surface area contributed by atoms with E-state index in [2.05, 4.69) is 0 Å². The number of ether oxygens (including phenoxy) is 2. The molecule has 0 aliphatic carbocycles. The Morgan fingerprint density at radius 1 is 1.16 bits per heavy atom. The van der Waals surface area contributed by atoms with Crippen LogP contribution in [-0.4, -0.2) is 52.9 Å². The summed E-state index contributed by atoms with van der Waals surface area (Å²) in [5.74, 6) is -2.96. The van der Waals surface area contributed by atoms with E-state index in [9.17, 15) is 30.4 Å². The zero-order valence-corrected chi connectivity index (χ0v) is 23.1. The second-order valence-electron chi connectivity index (χ2n) is 9.32. The molecule has 38 heavy (non-hydrogen) atoms. The number of nitrogens with zero attached hydrogens (tertiary/aromatic N) is 1. The highest BCUT2D eigenvalue weighted by atomic mass is 32.2. The maximum absolute atomic E-state index is 15.4. The number of nitrogens with two attached hydrogens (primary N) is 1. The van der Waals surface area contributed by atoms with Crippen LogP contribution in [0.5, 0.6) is 11.5 Å². The predicted octanol–water partition coefficient (Wildman–Crippen LogP) is 4.26. The van der Waals surface area contributed by atoms with Crippen molar-refractivity contribution >= 4 is 38.1 Å². The number of hydrogen-bond acceptors (Lipinski definition) is 8. The maximum Gasteiger partial charge on any atom is 0.341 e. The van der Waals surface area contributed by atoms with Crippen molar-refractivity contribution in [3.05, 3.63) is 47.3 Å². The van der Waals surface area contributed by atoms with Gasteiger partial charge < -0.3 is 15.2 Å². The molecule has 2 aromatic carbocycles. The first-order chi connectivity index (χ1) is 17.6. The summed E-state index contributed by atoms with van der Waals surface area (Å²) in [4.78, 5) is 12.6. The number of rotatable bonds is 12. The Bertz CT molecular complexity index is 1340. The Morgan fingerprint density at radius 2 is 1.82 bits per heavy atom. The Balaban J connectivity index is 2.35. The fourth-order valence-electron chi connectivity index (χ4n) is 3.40. The van der Waals surface area contributed by atoms with E-state index in [1.165, 1.54) is 31.2 Å². The summed E-state index contributed by atoms with van der Waals surface area (Å²) in [6.45, 7) is 4.89. The highest BCUT2D eigenvalue weighted by molar-refractivity contribution is 7.91. The van der Waals surface area contributed by atoms with Gasteiger partial charge in [0.15, 0.2) is 21.4 Å². The fraction of sp³-hybridized carbons (Fsp3) is 0.458. The summed E-state index contributed by atoms with van der Waals surface area (Å²) in [6, 6.07) is 6.35. The first-order valence-corrected chi connectivity index (χ1v) is 14.4. The van der Waals surface area contributed by atoms with Crippen LogP contribution in [0, 0.1) is 12.7 Å². The molecule has 2 aromatic rings. The summed E-state index contributed by atoms with van der Waals surface area (Å²) in [5, 5.41) is 0. The van der Waals surface area contributed by atoms with Crippen LogP contribution in [0.15, 0.2) is 30.3 Å². The summed E-state index contributed by atoms with van der Waals surface area (Å²) in [6.07, 6.45) is -1.19. The molecule has 0 spiro atoms. The van der Waals surface area contributed by atoms with Crippen molar-refractivity contribution in [3.8, 4) is 11.5 Å². The highest BCUT2D eigenvalue weighted by Gasteiger charge is 2.28. The summed E-state index contributed by atoms with van der Waals surface area (Å²) < 4.78 is 101. The van der Waals surface area contributed by atoms with E-state index in [1.807, 2.05) is 0 Å². The van der Waals surface area contributed by atoms with Crippen molar-refractivity contribution < 1.29 is 44.3 Å². The quantitative estimate of drug-likeness (QED) is 0.216. The number of carbonyl (C=O) groups is 1. The second kappa shape index (κ2) is 12.7. The van der Waals surface area contributed by atoms with Gasteiger partial charge in [-0.15, -0.1) is 0 Å². The third-order valence-electron chi connectivity index (χ3n) is 5.21. The molecule has 14 heteroatoms. The molecule has 2 rings (SSSR count). The Labute approximate surface area is 221 Å². The monoisotopic (exact) mass is 580 g/mol. The zero-order chi connectivity index (χ0) is 28.8. The lowest BCUT2D eigenvalue weighted by Gasteiger charge is -2.22. The van der Waals surface area contributed by atoms with Gasteiger partial charge in [0.2, 0.25) is 16.4 Å². The van der Waals surface area contributed by atoms with Crippen molar-refractivity contribution in [2.75, 3.05) is 29.0 Å². The number of anilines is 2. The Morgan fingerprint density at radius 3 is 2.39 bits per heavy atom. The average Bonchev–Trinajstić information content (AvgIpc) is 2.80. The number of halogens is 3. The molecule has 0 aromatic heterocycles. The van der Waals surface area contributed by atoms with Crippen LogP contribution in [0.1, 0.15) is 49.5 Å². The van der Waals surface area contributed by atoms with Gasteiger partial charge in [0.1, 0.15) is 11.4 Å². The normalized spacial score (nSPS) is 12.8. The van der Waals surface area contributed by atoms with Crippen LogP contribution in [0.3, 0.4) is 0 Å². The van der Waals surface area contributed by atoms with Crippen LogP contribution < -0.4 is 14.8 Å². The molecular formula is C24H31F3N2O7S2. The molecule has 0 amide bonds. The van der Waals surface area contributed by atoms with Crippen molar-refractivity contribution in [3.63, 3.8) is 0 Å². The van der Waals surface area contributed by atoms with Gasteiger partial charge in [0.25, 0.3) is 0 Å². The molecule has 2 N–H and O–H groups in total. The van der Waals surface area contributed by atoms with Crippen molar-refractivity contribution in [1.29, 1.82) is 0 Å². The molecule has 212 valence electrons. The highest BCUT2D eigenvalue weighted by Crippen LogP contribution is 2.35. The third-order valence-corrected chi connectivity index (χ3v) is 7.89. The first kappa shape index (κ1) is 31.2. The SMILES string of the molecule is Cc1c(Oc2cccc(N(CCC(F)S(=O)(=O)CCCF)[SH](=O)=O)c2F)ccc(N)c1C(=O)OC(C)(C)C. The average molecular weight is 581 g/mol. The van der Waals surface area contributed by atoms with E-state index < -0.39 is 86.9 Å². The smallest absolute Gasteiger partial charge is 0.341 e. The number of benzene rings is 2. The lowest BCUT2D eigenvalue weighted by Crippen LogP contribution is -2.29. The minimum Gasteiger partial charge on any atom is -0.456 e. The predicted molar refractivity (Wildman–Crippen MR) is 139 cm³/mol. The summed E-state index contributed by atoms with van der Waals surface area (Å²) >= 11 is 0. The molecule has 1 atom stereocenters. The zero-order valence-electron chi connectivity index (χ0n) is 21.4. The fourth-order valence-corrected chi connectivity index (χ4v) is 5.24. The van der Waals surface area contributed by atoms with E-state index in [-0.39, 0.29) is 22.6 Å². The van der Waals surface area contributed by atoms with E-state index in [0.29, 0.717) is 4.31 Å². The van der Waals surface area contributed by atoms with Gasteiger partial charge in [-0.1, -0.05) is 6.07 Å². The van der Waals surface area contributed by atoms with Crippen molar-refractivity contribution in [1.82, 2.24) is 0 Å². The largest absolute Gasteiger partial charge is 0.456 e. The van der Waals surface area contributed by atoms with Gasteiger partial charge in [-0.25, -0.2) is 30.4 Å². The van der Waals surface area contributed by atoms with E-state index in [4.69, 9.17) is 15.2 Å². The molecule has 0 bridgehead atoms. The van der Waals surface area contributed by atoms with Crippen molar-refractivity contribution in [2.45, 2.75) is 51.6 Å². The minimum atomic E-state index is -4.31. The molecule has 0 aliphatic heterocycles. The van der Waals surface area contributed by atoms with Crippen LogP contribution in [0.25, 0.3) is 0 Å². The molecule has 0 aliphatic rings. The van der Waals surface area contributed by atoms with Crippen LogP contribution in [-0.2, 0) is 25.5 Å². The van der Waals surface area contributed by atoms with Gasteiger partial charge in [-0.3, -0.25) is 8.70 Å². The molecule has 0 saturated carbocycles. The van der Waals surface area contributed by atoms with Crippen LogP contribution in [0.4, 0.5) is 24.5 Å². The molecule has 0 saturated heterocycles. The van der Waals surface area contributed by atoms with Gasteiger partial charge in [0.05, 0.1) is 23.7 Å². The van der Waals surface area contributed by atoms with Gasteiger partial charge in [-0.05, 0) is 58.4 Å². The molecular weight excluding hydrogens is 549 g/mol. The number of alkyl halides is 2. The number of hydrogen-bond donors (Lipinski definition) is 2. The van der Waals surface area contributed by atoms with Gasteiger partial charge >= 0.3 is 5.97 Å². The minimum absolute atomic E-state index is 0.0150. The Kier molecular flexibility index (Phi) is 10.4. The molecule has 0 heterocycles. The molecule has 9 nitrogen and oxygen atoms in total. The molecule has 0 fully saturated rings. The molecule has 1 unspecified atom stereocenters. The lowest BCUT2D eigenvalue weighted by atomic mass is 10.0.